The van der Waals surface area contributed by atoms with Crippen LogP contribution in [0, 0.1) is 0 Å². The van der Waals surface area contributed by atoms with Crippen LogP contribution < -0.4 is 0 Å². The van der Waals surface area contributed by atoms with Gasteiger partial charge in [0.1, 0.15) is 5.69 Å². The van der Waals surface area contributed by atoms with Crippen LogP contribution in [0.3, 0.4) is 0 Å². The van der Waals surface area contributed by atoms with Crippen molar-refractivity contribution in [2.75, 3.05) is 26.2 Å². The molecule has 1 aliphatic heterocycles. The maximum Gasteiger partial charge on any atom is 0.416 e. The molecule has 1 aliphatic rings. The number of aromatic nitrogens is 1. The number of benzene rings is 1. The average molecular weight is 379 g/mol. The first-order chi connectivity index (χ1) is 12.7. The molecule has 1 aromatic carbocycles. The van der Waals surface area contributed by atoms with Gasteiger partial charge in [-0.2, -0.15) is 13.2 Å². The lowest BCUT2D eigenvalue weighted by molar-refractivity contribution is -0.137. The summed E-state index contributed by atoms with van der Waals surface area (Å²) in [6.45, 7) is 3.94. The molecular formula is C19H20F3N3O2. The fourth-order valence-electron chi connectivity index (χ4n) is 3.10. The van der Waals surface area contributed by atoms with Gasteiger partial charge in [0.15, 0.2) is 5.78 Å². The monoisotopic (exact) mass is 379 g/mol. The van der Waals surface area contributed by atoms with Crippen LogP contribution in [-0.2, 0) is 12.7 Å². The van der Waals surface area contributed by atoms with Crippen molar-refractivity contribution in [2.45, 2.75) is 19.6 Å². The molecule has 1 amide bonds. The van der Waals surface area contributed by atoms with Gasteiger partial charge in [-0.3, -0.25) is 14.5 Å². The van der Waals surface area contributed by atoms with Crippen molar-refractivity contribution in [1.82, 2.24) is 14.8 Å². The Balaban J connectivity index is 1.57. The molecule has 0 radical (unpaired) electrons. The minimum atomic E-state index is -4.35. The maximum absolute atomic E-state index is 12.8. The van der Waals surface area contributed by atoms with Crippen molar-refractivity contribution in [3.63, 3.8) is 0 Å². The zero-order chi connectivity index (χ0) is 19.6. The van der Waals surface area contributed by atoms with E-state index in [1.54, 1.807) is 17.0 Å². The number of nitrogens with zero attached hydrogens (tertiary/aromatic N) is 2. The predicted molar refractivity (Wildman–Crippen MR) is 93.4 cm³/mol. The average Bonchev–Trinajstić information content (AvgIpc) is 3.12. The molecule has 1 fully saturated rings. The summed E-state index contributed by atoms with van der Waals surface area (Å²) in [5, 5.41) is 0. The molecule has 1 aromatic heterocycles. The first-order valence-electron chi connectivity index (χ1n) is 8.61. The molecule has 3 rings (SSSR count). The second-order valence-electron chi connectivity index (χ2n) is 6.62. The van der Waals surface area contributed by atoms with Crippen molar-refractivity contribution < 1.29 is 22.8 Å². The largest absolute Gasteiger partial charge is 0.416 e. The number of H-pyrrole nitrogens is 1. The molecule has 5 nitrogen and oxygen atoms in total. The summed E-state index contributed by atoms with van der Waals surface area (Å²) in [6, 6.07) is 6.86. The molecule has 2 heterocycles. The Hall–Kier alpha value is -2.61. The number of hydrogen-bond acceptors (Lipinski definition) is 3. The summed E-state index contributed by atoms with van der Waals surface area (Å²) in [4.78, 5) is 30.4. The molecule has 0 unspecified atom stereocenters. The molecule has 0 saturated carbocycles. The number of carbonyl (C=O) groups is 2. The highest BCUT2D eigenvalue weighted by molar-refractivity contribution is 5.99. The molecule has 8 heteroatoms. The number of aromatic amines is 1. The lowest BCUT2D eigenvalue weighted by Crippen LogP contribution is -2.48. The third kappa shape index (κ3) is 4.57. The number of halogens is 3. The van der Waals surface area contributed by atoms with E-state index >= 15 is 0 Å². The minimum absolute atomic E-state index is 0.115. The van der Waals surface area contributed by atoms with Crippen molar-refractivity contribution in [1.29, 1.82) is 0 Å². The highest BCUT2D eigenvalue weighted by Crippen LogP contribution is 2.29. The third-order valence-corrected chi connectivity index (χ3v) is 4.64. The first kappa shape index (κ1) is 19.2. The van der Waals surface area contributed by atoms with E-state index in [-0.39, 0.29) is 11.7 Å². The van der Waals surface area contributed by atoms with Crippen molar-refractivity contribution >= 4 is 11.7 Å². The maximum atomic E-state index is 12.8. The Morgan fingerprint density at radius 3 is 2.41 bits per heavy atom. The Labute approximate surface area is 154 Å². The normalized spacial score (nSPS) is 15.8. The quantitative estimate of drug-likeness (QED) is 0.830. The van der Waals surface area contributed by atoms with Gasteiger partial charge in [0.2, 0.25) is 0 Å². The van der Waals surface area contributed by atoms with Gasteiger partial charge in [-0.05, 0) is 24.6 Å². The van der Waals surface area contributed by atoms with E-state index in [0.29, 0.717) is 49.5 Å². The molecule has 144 valence electrons. The van der Waals surface area contributed by atoms with Crippen LogP contribution in [0.5, 0.6) is 0 Å². The molecule has 0 aliphatic carbocycles. The Bertz CT molecular complexity index is 837. The van der Waals surface area contributed by atoms with Crippen LogP contribution >= 0.6 is 0 Å². The van der Waals surface area contributed by atoms with E-state index in [1.807, 2.05) is 4.90 Å². The van der Waals surface area contributed by atoms with E-state index in [4.69, 9.17) is 0 Å². The summed E-state index contributed by atoms with van der Waals surface area (Å²) >= 11 is 0. The van der Waals surface area contributed by atoms with Gasteiger partial charge in [-0.15, -0.1) is 0 Å². The van der Waals surface area contributed by atoms with Gasteiger partial charge < -0.3 is 9.88 Å². The Morgan fingerprint density at radius 1 is 1.11 bits per heavy atom. The van der Waals surface area contributed by atoms with E-state index in [1.165, 1.54) is 25.3 Å². The number of piperazine rings is 1. The van der Waals surface area contributed by atoms with Crippen LogP contribution in [0.4, 0.5) is 13.2 Å². The van der Waals surface area contributed by atoms with E-state index in [9.17, 15) is 22.8 Å². The SMILES string of the molecule is CC(=O)c1c[nH]c(C(=O)N2CCN(Cc3cccc(C(F)(F)F)c3)CC2)c1. The van der Waals surface area contributed by atoms with Gasteiger partial charge in [0, 0.05) is 44.5 Å². The van der Waals surface area contributed by atoms with Gasteiger partial charge in [-0.25, -0.2) is 0 Å². The van der Waals surface area contributed by atoms with Gasteiger partial charge in [0.25, 0.3) is 5.91 Å². The van der Waals surface area contributed by atoms with Crippen LogP contribution in [0.2, 0.25) is 0 Å². The van der Waals surface area contributed by atoms with Gasteiger partial charge in [-0.1, -0.05) is 18.2 Å². The zero-order valence-electron chi connectivity index (χ0n) is 14.8. The van der Waals surface area contributed by atoms with Crippen LogP contribution in [0.25, 0.3) is 0 Å². The second-order valence-corrected chi connectivity index (χ2v) is 6.62. The zero-order valence-corrected chi connectivity index (χ0v) is 14.8. The number of carbonyl (C=O) groups excluding carboxylic acids is 2. The topological polar surface area (TPSA) is 56.4 Å². The lowest BCUT2D eigenvalue weighted by atomic mass is 10.1. The summed E-state index contributed by atoms with van der Waals surface area (Å²) < 4.78 is 38.5. The number of Topliss-reactive ketones (excluding diaryl/α,β-unsaturated/α-hetero) is 1. The fraction of sp³-hybridized carbons (Fsp3) is 0.368. The van der Waals surface area contributed by atoms with E-state index < -0.39 is 11.7 Å². The standard InChI is InChI=1S/C19H20F3N3O2/c1-13(26)15-10-17(23-11-15)18(27)25-7-5-24(6-8-25)12-14-3-2-4-16(9-14)19(20,21)22/h2-4,9-11,23H,5-8,12H2,1H3. The van der Waals surface area contributed by atoms with Gasteiger partial charge >= 0.3 is 6.18 Å². The minimum Gasteiger partial charge on any atom is -0.356 e. The molecule has 0 bridgehead atoms. The summed E-state index contributed by atoms with van der Waals surface area (Å²) in [5.74, 6) is -0.294. The number of nitrogens with one attached hydrogen (secondary N) is 1. The molecule has 0 atom stereocenters. The lowest BCUT2D eigenvalue weighted by Gasteiger charge is -2.34. The van der Waals surface area contributed by atoms with E-state index in [0.717, 1.165) is 6.07 Å². The number of alkyl halides is 3. The molecule has 27 heavy (non-hydrogen) atoms. The van der Waals surface area contributed by atoms with Crippen LogP contribution in [-0.4, -0.2) is 52.7 Å². The first-order valence-corrected chi connectivity index (χ1v) is 8.61. The molecule has 1 N–H and O–H groups in total. The molecule has 0 spiro atoms. The fourth-order valence-corrected chi connectivity index (χ4v) is 3.10. The molecule has 2 aromatic rings. The highest BCUT2D eigenvalue weighted by atomic mass is 19.4. The number of hydrogen-bond donors (Lipinski definition) is 1. The second kappa shape index (κ2) is 7.56. The Kier molecular flexibility index (Phi) is 5.36. The van der Waals surface area contributed by atoms with Crippen molar-refractivity contribution in [2.24, 2.45) is 0 Å². The Morgan fingerprint density at radius 2 is 1.81 bits per heavy atom. The predicted octanol–water partition coefficient (Wildman–Crippen LogP) is 3.19. The summed E-state index contributed by atoms with van der Waals surface area (Å²) in [7, 11) is 0. The van der Waals surface area contributed by atoms with Crippen molar-refractivity contribution in [3.05, 3.63) is 58.9 Å². The summed E-state index contributed by atoms with van der Waals surface area (Å²) in [5.41, 5.74) is 0.773. The van der Waals surface area contributed by atoms with E-state index in [2.05, 4.69) is 4.98 Å². The van der Waals surface area contributed by atoms with Crippen molar-refractivity contribution in [3.8, 4) is 0 Å². The van der Waals surface area contributed by atoms with Gasteiger partial charge in [0.05, 0.1) is 5.56 Å². The van der Waals surface area contributed by atoms with Crippen LogP contribution in [0.1, 0.15) is 38.9 Å². The smallest absolute Gasteiger partial charge is 0.356 e. The number of rotatable bonds is 4. The number of ketones is 1. The van der Waals surface area contributed by atoms with Crippen LogP contribution in [0.15, 0.2) is 36.5 Å². The summed E-state index contributed by atoms with van der Waals surface area (Å²) in [6.07, 6.45) is -2.84. The third-order valence-electron chi connectivity index (χ3n) is 4.64. The molecular weight excluding hydrogens is 359 g/mol. The number of amides is 1. The highest BCUT2D eigenvalue weighted by Gasteiger charge is 2.30. The molecule has 1 saturated heterocycles.